The largest absolute Gasteiger partial charge is 0.314 e. The van der Waals surface area contributed by atoms with E-state index in [2.05, 4.69) is 34.5 Å². The molecule has 0 spiro atoms. The molecule has 0 bridgehead atoms. The molecule has 2 aliphatic heterocycles. The van der Waals surface area contributed by atoms with Crippen molar-refractivity contribution in [3.63, 3.8) is 0 Å². The van der Waals surface area contributed by atoms with Gasteiger partial charge in [-0.15, -0.1) is 0 Å². The van der Waals surface area contributed by atoms with Gasteiger partial charge in [0.1, 0.15) is 0 Å². The zero-order valence-corrected chi connectivity index (χ0v) is 11.9. The maximum absolute atomic E-state index is 3.58. The number of rotatable bonds is 4. The van der Waals surface area contributed by atoms with E-state index in [1.807, 2.05) is 0 Å². The molecule has 1 aromatic carbocycles. The molecule has 0 amide bonds. The van der Waals surface area contributed by atoms with Crippen molar-refractivity contribution in [3.05, 3.63) is 35.4 Å². The second-order valence-corrected chi connectivity index (χ2v) is 6.15. The zero-order valence-electron chi connectivity index (χ0n) is 11.9. The fourth-order valence-corrected chi connectivity index (χ4v) is 3.37. The summed E-state index contributed by atoms with van der Waals surface area (Å²) in [4.78, 5) is 2.59. The third-order valence-corrected chi connectivity index (χ3v) is 4.52. The van der Waals surface area contributed by atoms with Gasteiger partial charge in [0, 0.05) is 12.6 Å². The lowest BCUT2D eigenvalue weighted by molar-refractivity contribution is 0.221. The second kappa shape index (κ2) is 6.53. The lowest BCUT2D eigenvalue weighted by atomic mass is 10.0. The standard InChI is InChI=1S/C17H26N2/c1-2-11-19(12-3-1)14-16-8-6-15(7-9-16)13-17-5-4-10-18-17/h6-9,17-18H,1-5,10-14H2. The highest BCUT2D eigenvalue weighted by Crippen LogP contribution is 2.16. The van der Waals surface area contributed by atoms with E-state index in [1.54, 1.807) is 0 Å². The van der Waals surface area contributed by atoms with Gasteiger partial charge in [-0.05, 0) is 62.9 Å². The van der Waals surface area contributed by atoms with Crippen LogP contribution in [0.2, 0.25) is 0 Å². The van der Waals surface area contributed by atoms with E-state index in [4.69, 9.17) is 0 Å². The third kappa shape index (κ3) is 3.80. The molecule has 104 valence electrons. The minimum atomic E-state index is 0.716. The molecule has 1 unspecified atom stereocenters. The van der Waals surface area contributed by atoms with Gasteiger partial charge >= 0.3 is 0 Å². The summed E-state index contributed by atoms with van der Waals surface area (Å²) in [6, 6.07) is 10.0. The summed E-state index contributed by atoms with van der Waals surface area (Å²) < 4.78 is 0. The van der Waals surface area contributed by atoms with Crippen LogP contribution >= 0.6 is 0 Å². The Hall–Kier alpha value is -0.860. The Balaban J connectivity index is 1.52. The van der Waals surface area contributed by atoms with Crippen LogP contribution in [0.4, 0.5) is 0 Å². The molecule has 0 aliphatic carbocycles. The van der Waals surface area contributed by atoms with Gasteiger partial charge < -0.3 is 5.32 Å². The van der Waals surface area contributed by atoms with Crippen molar-refractivity contribution >= 4 is 0 Å². The summed E-state index contributed by atoms with van der Waals surface area (Å²) >= 11 is 0. The van der Waals surface area contributed by atoms with Crippen molar-refractivity contribution < 1.29 is 0 Å². The molecule has 2 fully saturated rings. The van der Waals surface area contributed by atoms with Gasteiger partial charge in [0.2, 0.25) is 0 Å². The molecular formula is C17H26N2. The molecule has 0 saturated carbocycles. The van der Waals surface area contributed by atoms with Crippen LogP contribution in [0.3, 0.4) is 0 Å². The topological polar surface area (TPSA) is 15.3 Å². The maximum atomic E-state index is 3.58. The van der Waals surface area contributed by atoms with Gasteiger partial charge in [0.15, 0.2) is 0 Å². The van der Waals surface area contributed by atoms with Gasteiger partial charge in [-0.3, -0.25) is 4.90 Å². The Labute approximate surface area is 117 Å². The molecule has 2 aliphatic rings. The van der Waals surface area contributed by atoms with E-state index < -0.39 is 0 Å². The average molecular weight is 258 g/mol. The van der Waals surface area contributed by atoms with Crippen LogP contribution in [0.15, 0.2) is 24.3 Å². The number of hydrogen-bond acceptors (Lipinski definition) is 2. The van der Waals surface area contributed by atoms with Crippen LogP contribution in [0.5, 0.6) is 0 Å². The van der Waals surface area contributed by atoms with Crippen LogP contribution in [-0.4, -0.2) is 30.6 Å². The van der Waals surface area contributed by atoms with Crippen molar-refractivity contribution in [2.24, 2.45) is 0 Å². The lowest BCUT2D eigenvalue weighted by Crippen LogP contribution is -2.29. The van der Waals surface area contributed by atoms with Crippen LogP contribution in [-0.2, 0) is 13.0 Å². The second-order valence-electron chi connectivity index (χ2n) is 6.15. The monoisotopic (exact) mass is 258 g/mol. The van der Waals surface area contributed by atoms with Gasteiger partial charge in [0.25, 0.3) is 0 Å². The predicted molar refractivity (Wildman–Crippen MR) is 80.3 cm³/mol. The van der Waals surface area contributed by atoms with Crippen LogP contribution < -0.4 is 5.32 Å². The lowest BCUT2D eigenvalue weighted by Gasteiger charge is -2.26. The molecule has 3 rings (SSSR count). The summed E-state index contributed by atoms with van der Waals surface area (Å²) in [6.07, 6.45) is 8.07. The van der Waals surface area contributed by atoms with E-state index in [-0.39, 0.29) is 0 Å². The first kappa shape index (κ1) is 13.1. The smallest absolute Gasteiger partial charge is 0.0233 e. The van der Waals surface area contributed by atoms with Gasteiger partial charge in [-0.1, -0.05) is 30.7 Å². The van der Waals surface area contributed by atoms with E-state index in [0.717, 1.165) is 6.54 Å². The Bertz CT molecular complexity index is 373. The minimum absolute atomic E-state index is 0.716. The predicted octanol–water partition coefficient (Wildman–Crippen LogP) is 2.97. The highest BCUT2D eigenvalue weighted by molar-refractivity contribution is 5.23. The Kier molecular flexibility index (Phi) is 4.52. The fraction of sp³-hybridized carbons (Fsp3) is 0.647. The van der Waals surface area contributed by atoms with E-state index >= 15 is 0 Å². The molecule has 1 N–H and O–H groups in total. The first-order valence-electron chi connectivity index (χ1n) is 7.94. The number of hydrogen-bond donors (Lipinski definition) is 1. The molecule has 2 nitrogen and oxygen atoms in total. The minimum Gasteiger partial charge on any atom is -0.314 e. The van der Waals surface area contributed by atoms with E-state index in [9.17, 15) is 0 Å². The molecule has 1 atom stereocenters. The van der Waals surface area contributed by atoms with Crippen molar-refractivity contribution in [3.8, 4) is 0 Å². The Morgan fingerprint density at radius 3 is 2.37 bits per heavy atom. The average Bonchev–Trinajstić information content (AvgIpc) is 2.95. The first-order chi connectivity index (χ1) is 9.40. The molecule has 1 aromatic rings. The SMILES string of the molecule is c1cc(CN2CCCCC2)ccc1CC1CCCN1. The van der Waals surface area contributed by atoms with Crippen molar-refractivity contribution in [2.75, 3.05) is 19.6 Å². The Morgan fingerprint density at radius 2 is 1.68 bits per heavy atom. The molecule has 2 saturated heterocycles. The van der Waals surface area contributed by atoms with Gasteiger partial charge in [-0.2, -0.15) is 0 Å². The quantitative estimate of drug-likeness (QED) is 0.893. The summed E-state index contributed by atoms with van der Waals surface area (Å²) in [5.74, 6) is 0. The van der Waals surface area contributed by atoms with Gasteiger partial charge in [-0.25, -0.2) is 0 Å². The number of nitrogens with one attached hydrogen (secondary N) is 1. The highest BCUT2D eigenvalue weighted by atomic mass is 15.1. The van der Waals surface area contributed by atoms with Crippen LogP contribution in [0.25, 0.3) is 0 Å². The third-order valence-electron chi connectivity index (χ3n) is 4.52. The fourth-order valence-electron chi connectivity index (χ4n) is 3.37. The number of piperidine rings is 1. The molecule has 19 heavy (non-hydrogen) atoms. The van der Waals surface area contributed by atoms with E-state index in [0.29, 0.717) is 6.04 Å². The van der Waals surface area contributed by atoms with Crippen LogP contribution in [0, 0.1) is 0 Å². The van der Waals surface area contributed by atoms with Crippen molar-refractivity contribution in [1.82, 2.24) is 10.2 Å². The van der Waals surface area contributed by atoms with Crippen LogP contribution in [0.1, 0.15) is 43.2 Å². The van der Waals surface area contributed by atoms with Crippen molar-refractivity contribution in [2.45, 2.75) is 51.1 Å². The summed E-state index contributed by atoms with van der Waals surface area (Å²) in [5, 5.41) is 3.58. The first-order valence-corrected chi connectivity index (χ1v) is 7.94. The normalized spacial score (nSPS) is 24.7. The summed E-state index contributed by atoms with van der Waals surface area (Å²) in [6.45, 7) is 4.92. The molecular weight excluding hydrogens is 232 g/mol. The maximum Gasteiger partial charge on any atom is 0.0233 e. The molecule has 2 heteroatoms. The molecule has 2 heterocycles. The van der Waals surface area contributed by atoms with E-state index in [1.165, 1.54) is 69.3 Å². The van der Waals surface area contributed by atoms with Crippen molar-refractivity contribution in [1.29, 1.82) is 0 Å². The Morgan fingerprint density at radius 1 is 0.947 bits per heavy atom. The summed E-state index contributed by atoms with van der Waals surface area (Å²) in [5.41, 5.74) is 2.96. The molecule has 0 aromatic heterocycles. The molecule has 0 radical (unpaired) electrons. The zero-order chi connectivity index (χ0) is 12.9. The highest BCUT2D eigenvalue weighted by Gasteiger charge is 2.14. The number of likely N-dealkylation sites (tertiary alicyclic amines) is 1. The number of nitrogens with zero attached hydrogens (tertiary/aromatic N) is 1. The summed E-state index contributed by atoms with van der Waals surface area (Å²) in [7, 11) is 0. The van der Waals surface area contributed by atoms with Gasteiger partial charge in [0.05, 0.1) is 0 Å². The number of benzene rings is 1.